The van der Waals surface area contributed by atoms with Crippen LogP contribution in [0, 0.1) is 15.5 Å². The lowest BCUT2D eigenvalue weighted by molar-refractivity contribution is -0.386. The summed E-state index contributed by atoms with van der Waals surface area (Å²) < 4.78 is 67.2. The molecule has 3 aromatic carbocycles. The number of aromatic nitrogens is 2. The van der Waals surface area contributed by atoms with Gasteiger partial charge in [0.05, 0.1) is 28.7 Å². The molecule has 0 unspecified atom stereocenters. The summed E-state index contributed by atoms with van der Waals surface area (Å²) in [4.78, 5) is 50.1. The number of fused-ring (bicyclic) bond motifs is 1. The Bertz CT molecular complexity index is 2840. The third-order valence-corrected chi connectivity index (χ3v) is 15.1. The largest absolute Gasteiger partial charge is 0.483 e. The van der Waals surface area contributed by atoms with E-state index in [0.29, 0.717) is 28.1 Å². The smallest absolute Gasteiger partial charge is 0.312 e. The first kappa shape index (κ1) is 49.3. The SMILES string of the molecule is COC(=O)CCCN(C(=O)c1ccc(N2CCN(CC3=C(c4ccc(Cl)cc4)CC(C)(C)CC3)CC2)cc1Oc1cnc2[nH]ccc2c1)S(=O)(=O)c1ccc(OCC2(F)CCOCC2)c([N+](=O)[O-])c1. The normalized spacial score (nSPS) is 17.4. The number of nitrogens with one attached hydrogen (secondary N) is 1. The van der Waals surface area contributed by atoms with E-state index in [9.17, 15) is 28.1 Å². The Morgan fingerprint density at radius 1 is 0.986 bits per heavy atom. The molecule has 0 saturated carbocycles. The summed E-state index contributed by atoms with van der Waals surface area (Å²) in [5.41, 5.74) is 2.88. The summed E-state index contributed by atoms with van der Waals surface area (Å²) in [6.45, 7) is 7.63. The number of carbonyl (C=O) groups excluding carboxylic acids is 2. The molecule has 0 spiro atoms. The molecule has 2 fully saturated rings. The zero-order valence-corrected chi connectivity index (χ0v) is 40.5. The van der Waals surface area contributed by atoms with Crippen molar-refractivity contribution in [2.75, 3.05) is 71.1 Å². The van der Waals surface area contributed by atoms with E-state index in [2.05, 4.69) is 45.7 Å². The van der Waals surface area contributed by atoms with Gasteiger partial charge in [-0.25, -0.2) is 22.1 Å². The van der Waals surface area contributed by atoms with Gasteiger partial charge in [0.1, 0.15) is 29.4 Å². The fourth-order valence-electron chi connectivity index (χ4n) is 9.04. The van der Waals surface area contributed by atoms with E-state index in [1.54, 1.807) is 24.4 Å². The minimum atomic E-state index is -4.88. The Kier molecular flexibility index (Phi) is 14.9. The molecule has 2 aliphatic heterocycles. The number of H-pyrrole nitrogens is 1. The second-order valence-electron chi connectivity index (χ2n) is 18.6. The molecule has 19 heteroatoms. The van der Waals surface area contributed by atoms with Crippen molar-refractivity contribution in [2.45, 2.75) is 69.4 Å². The standard InChI is InChI=1S/C50H56ClFN6O10S/c1-49(2)16-14-36(42(30-49)34-6-8-37(51)9-7-34)32-55-21-23-56(24-22-55)38-10-12-41(45(28-38)68-39-27-35-15-19-53-47(35)54-31-39)48(60)57(20-4-5-46(59)65-3)69(63,64)40-11-13-44(43(29-40)58(61)62)67-33-50(52)17-25-66-26-18-50/h6-13,15,19,27-29,31H,4-5,14,16-18,20-26,30,32-33H2,1-3H3,(H,53,54). The molecule has 5 aromatic rings. The van der Waals surface area contributed by atoms with Gasteiger partial charge in [-0.15, -0.1) is 0 Å². The Morgan fingerprint density at radius 3 is 2.46 bits per heavy atom. The molecule has 8 rings (SSSR count). The van der Waals surface area contributed by atoms with Crippen LogP contribution in [-0.4, -0.2) is 116 Å². The van der Waals surface area contributed by atoms with Gasteiger partial charge in [-0.2, -0.15) is 0 Å². The van der Waals surface area contributed by atoms with Crippen molar-refractivity contribution in [1.29, 1.82) is 0 Å². The molecule has 2 saturated heterocycles. The van der Waals surface area contributed by atoms with Crippen LogP contribution in [0.4, 0.5) is 15.8 Å². The van der Waals surface area contributed by atoms with E-state index in [-0.39, 0.29) is 67.1 Å². The van der Waals surface area contributed by atoms with Crippen LogP contribution in [0.15, 0.2) is 95.7 Å². The van der Waals surface area contributed by atoms with E-state index >= 15 is 4.39 Å². The maximum absolute atomic E-state index is 15.4. The number of hydrogen-bond acceptors (Lipinski definition) is 13. The number of amides is 1. The number of sulfonamides is 1. The van der Waals surface area contributed by atoms with Crippen LogP contribution < -0.4 is 14.4 Å². The summed E-state index contributed by atoms with van der Waals surface area (Å²) in [7, 11) is -3.69. The van der Waals surface area contributed by atoms with E-state index < -0.39 is 56.2 Å². The lowest BCUT2D eigenvalue weighted by atomic mass is 9.72. The van der Waals surface area contributed by atoms with E-state index in [1.807, 2.05) is 18.2 Å². The molecule has 0 radical (unpaired) electrons. The number of halogens is 2. The van der Waals surface area contributed by atoms with Gasteiger partial charge < -0.3 is 28.8 Å². The average Bonchev–Trinajstić information content (AvgIpc) is 3.81. The van der Waals surface area contributed by atoms with Gasteiger partial charge in [-0.1, -0.05) is 43.2 Å². The van der Waals surface area contributed by atoms with Crippen LogP contribution in [0.3, 0.4) is 0 Å². The number of anilines is 1. The number of pyridine rings is 1. The number of rotatable bonds is 17. The van der Waals surface area contributed by atoms with Crippen LogP contribution >= 0.6 is 11.6 Å². The number of methoxy groups -OCH3 is 1. The van der Waals surface area contributed by atoms with Crippen LogP contribution in [0.1, 0.15) is 74.7 Å². The molecule has 1 amide bonds. The molecule has 2 aromatic heterocycles. The third kappa shape index (κ3) is 11.7. The first-order chi connectivity index (χ1) is 33.0. The van der Waals surface area contributed by atoms with Crippen LogP contribution in [0.5, 0.6) is 17.2 Å². The summed E-state index contributed by atoms with van der Waals surface area (Å²) in [6, 6.07) is 19.5. The molecule has 366 valence electrons. The van der Waals surface area contributed by atoms with Crippen molar-refractivity contribution in [3.05, 3.63) is 117 Å². The number of hydrogen-bond donors (Lipinski definition) is 1. The number of alkyl halides is 1. The van der Waals surface area contributed by atoms with Crippen molar-refractivity contribution >= 4 is 61.5 Å². The predicted molar refractivity (Wildman–Crippen MR) is 259 cm³/mol. The number of piperazine rings is 1. The van der Waals surface area contributed by atoms with Gasteiger partial charge in [0.25, 0.3) is 15.9 Å². The molecule has 0 atom stereocenters. The third-order valence-electron chi connectivity index (χ3n) is 13.1. The zero-order valence-electron chi connectivity index (χ0n) is 38.9. The number of nitrogens with zero attached hydrogens (tertiary/aromatic N) is 5. The minimum Gasteiger partial charge on any atom is -0.483 e. The number of benzene rings is 3. The van der Waals surface area contributed by atoms with Crippen molar-refractivity contribution in [3.63, 3.8) is 0 Å². The van der Waals surface area contributed by atoms with Gasteiger partial charge >= 0.3 is 11.7 Å². The second-order valence-corrected chi connectivity index (χ2v) is 20.9. The first-order valence-electron chi connectivity index (χ1n) is 23.0. The molecule has 69 heavy (non-hydrogen) atoms. The summed E-state index contributed by atoms with van der Waals surface area (Å²) in [5, 5.41) is 13.8. The van der Waals surface area contributed by atoms with Crippen molar-refractivity contribution in [1.82, 2.24) is 19.2 Å². The van der Waals surface area contributed by atoms with Gasteiger partial charge in [0.2, 0.25) is 0 Å². The van der Waals surface area contributed by atoms with Crippen LogP contribution in [-0.2, 0) is 24.3 Å². The second kappa shape index (κ2) is 20.9. The molecule has 4 heterocycles. The quantitative estimate of drug-likeness (QED) is 0.0528. The Balaban J connectivity index is 1.08. The van der Waals surface area contributed by atoms with Crippen LogP contribution in [0.2, 0.25) is 5.02 Å². The Morgan fingerprint density at radius 2 is 1.74 bits per heavy atom. The van der Waals surface area contributed by atoms with Crippen molar-refractivity contribution in [3.8, 4) is 17.2 Å². The van der Waals surface area contributed by atoms with Crippen molar-refractivity contribution in [2.24, 2.45) is 5.41 Å². The number of esters is 1. The number of allylic oxidation sites excluding steroid dienone is 1. The molecule has 0 bridgehead atoms. The topological polar surface area (TPSA) is 187 Å². The predicted octanol–water partition coefficient (Wildman–Crippen LogP) is 9.38. The fourth-order valence-corrected chi connectivity index (χ4v) is 10.6. The van der Waals surface area contributed by atoms with Gasteiger partial charge in [0, 0.05) is 106 Å². The monoisotopic (exact) mass is 986 g/mol. The summed E-state index contributed by atoms with van der Waals surface area (Å²) in [6.07, 6.45) is 6.00. The molecule has 16 nitrogen and oxygen atoms in total. The Labute approximate surface area is 405 Å². The fraction of sp³-hybridized carbons (Fsp3) is 0.420. The maximum Gasteiger partial charge on any atom is 0.312 e. The molecular weight excluding hydrogens is 931 g/mol. The highest BCUT2D eigenvalue weighted by molar-refractivity contribution is 7.89. The molecular formula is C50H56ClFN6O10S. The van der Waals surface area contributed by atoms with E-state index in [4.69, 9.17) is 30.5 Å². The number of nitro groups is 1. The van der Waals surface area contributed by atoms with E-state index in [1.165, 1.54) is 36.1 Å². The number of ether oxygens (including phenoxy) is 4. The first-order valence-corrected chi connectivity index (χ1v) is 24.8. The number of carbonyl (C=O) groups is 2. The number of nitro benzene ring substituents is 1. The lowest BCUT2D eigenvalue weighted by Gasteiger charge is -2.39. The summed E-state index contributed by atoms with van der Waals surface area (Å²) in [5.74, 6) is -1.67. The lowest BCUT2D eigenvalue weighted by Crippen LogP contribution is -2.47. The van der Waals surface area contributed by atoms with Gasteiger partial charge in [-0.05, 0) is 90.8 Å². The van der Waals surface area contributed by atoms with E-state index in [0.717, 1.165) is 68.2 Å². The van der Waals surface area contributed by atoms with Gasteiger partial charge in [-0.3, -0.25) is 24.6 Å². The minimum absolute atomic E-state index is 0.0288. The molecule has 3 aliphatic rings. The highest BCUT2D eigenvalue weighted by Gasteiger charge is 2.37. The molecule has 1 aliphatic carbocycles. The number of aromatic amines is 1. The zero-order chi connectivity index (χ0) is 48.9. The average molecular weight is 988 g/mol. The molecule has 1 N–H and O–H groups in total. The maximum atomic E-state index is 15.4. The highest BCUT2D eigenvalue weighted by atomic mass is 35.5. The van der Waals surface area contributed by atoms with Crippen molar-refractivity contribution < 1.29 is 46.3 Å². The highest BCUT2D eigenvalue weighted by Crippen LogP contribution is 2.44. The van der Waals surface area contributed by atoms with Crippen LogP contribution in [0.25, 0.3) is 16.6 Å². The Hall–Kier alpha value is -6.08. The van der Waals surface area contributed by atoms with Gasteiger partial charge in [0.15, 0.2) is 5.75 Å². The summed E-state index contributed by atoms with van der Waals surface area (Å²) >= 11 is 6.26.